The standard InChI is InChI=1S/C34H35FN6O3S/c1-23-12-13-26-27(14-15-30(35)29(26)22-45(42,43)41(2)21-24-8-4-3-5-9-24)32(23)44-33-28(11-7-18-37-33)31-16-19-38-34(40-31)39-25-10-6-17-36-20-25/h3-5,7-9,11-16,18-19,25,36H,6,10,17,20-22H2,1-2H3,(H,38,39,40)/t25-/m0/s1. The van der Waals surface area contributed by atoms with Crippen molar-refractivity contribution in [1.82, 2.24) is 24.6 Å². The summed E-state index contributed by atoms with van der Waals surface area (Å²) in [7, 11) is -2.34. The lowest BCUT2D eigenvalue weighted by molar-refractivity contribution is 0.464. The third-order valence-electron chi connectivity index (χ3n) is 7.98. The normalized spacial score (nSPS) is 15.3. The number of anilines is 1. The van der Waals surface area contributed by atoms with Crippen LogP contribution in [0.25, 0.3) is 22.0 Å². The van der Waals surface area contributed by atoms with Crippen molar-refractivity contribution >= 4 is 26.7 Å². The van der Waals surface area contributed by atoms with Crippen molar-refractivity contribution < 1.29 is 17.5 Å². The van der Waals surface area contributed by atoms with Gasteiger partial charge in [0.15, 0.2) is 0 Å². The smallest absolute Gasteiger partial charge is 0.228 e. The van der Waals surface area contributed by atoms with Gasteiger partial charge in [0.1, 0.15) is 11.6 Å². The second kappa shape index (κ2) is 13.3. The Morgan fingerprint density at radius 3 is 2.62 bits per heavy atom. The molecule has 0 spiro atoms. The molecule has 6 rings (SSSR count). The summed E-state index contributed by atoms with van der Waals surface area (Å²) in [6.07, 6.45) is 5.46. The molecular formula is C34H35FN6O3S. The maximum absolute atomic E-state index is 15.3. The molecule has 1 aliphatic rings. The van der Waals surface area contributed by atoms with Gasteiger partial charge in [0, 0.05) is 49.5 Å². The van der Waals surface area contributed by atoms with E-state index in [1.165, 1.54) is 17.4 Å². The van der Waals surface area contributed by atoms with Crippen molar-refractivity contribution in [2.45, 2.75) is 38.1 Å². The molecule has 3 aromatic carbocycles. The Morgan fingerprint density at radius 2 is 1.82 bits per heavy atom. The van der Waals surface area contributed by atoms with E-state index in [0.717, 1.165) is 37.1 Å². The van der Waals surface area contributed by atoms with Crippen LogP contribution in [0.3, 0.4) is 0 Å². The molecule has 0 aliphatic carbocycles. The second-order valence-electron chi connectivity index (χ2n) is 11.2. The van der Waals surface area contributed by atoms with Gasteiger partial charge in [-0.25, -0.2) is 32.1 Å². The van der Waals surface area contributed by atoms with Crippen LogP contribution >= 0.6 is 0 Å². The SMILES string of the molecule is Cc1ccc2c(CS(=O)(=O)N(C)Cc3ccccc3)c(F)ccc2c1Oc1ncccc1-c1ccnc(N[C@H]2CCCNC2)n1. The molecule has 0 saturated carbocycles. The van der Waals surface area contributed by atoms with Crippen LogP contribution in [0.4, 0.5) is 10.3 Å². The molecule has 232 valence electrons. The summed E-state index contributed by atoms with van der Waals surface area (Å²) in [5, 5.41) is 7.84. The maximum atomic E-state index is 15.3. The van der Waals surface area contributed by atoms with Gasteiger partial charge in [0.05, 0.1) is 17.0 Å². The number of pyridine rings is 1. The summed E-state index contributed by atoms with van der Waals surface area (Å²) in [6.45, 7) is 3.93. The Hall–Kier alpha value is -4.45. The molecular weight excluding hydrogens is 591 g/mol. The van der Waals surface area contributed by atoms with E-state index in [1.54, 1.807) is 36.7 Å². The molecule has 1 atom stereocenters. The Bertz CT molecular complexity index is 1920. The number of nitrogens with zero attached hydrogens (tertiary/aromatic N) is 4. The third-order valence-corrected chi connectivity index (χ3v) is 9.72. The highest BCUT2D eigenvalue weighted by molar-refractivity contribution is 7.88. The largest absolute Gasteiger partial charge is 0.437 e. The third kappa shape index (κ3) is 6.95. The van der Waals surface area contributed by atoms with Crippen LogP contribution in [-0.4, -0.2) is 53.9 Å². The monoisotopic (exact) mass is 626 g/mol. The van der Waals surface area contributed by atoms with E-state index in [0.29, 0.717) is 39.6 Å². The molecule has 5 aromatic rings. The lowest BCUT2D eigenvalue weighted by atomic mass is 10.0. The van der Waals surface area contributed by atoms with Gasteiger partial charge in [-0.05, 0) is 73.2 Å². The molecule has 1 fully saturated rings. The first-order valence-corrected chi connectivity index (χ1v) is 16.5. The van der Waals surface area contributed by atoms with Crippen LogP contribution in [0.2, 0.25) is 0 Å². The Balaban J connectivity index is 1.31. The number of piperidine rings is 1. The summed E-state index contributed by atoms with van der Waals surface area (Å²) in [5.74, 6) is 0.213. The minimum atomic E-state index is -3.85. The number of aromatic nitrogens is 3. The highest BCUT2D eigenvalue weighted by atomic mass is 32.2. The summed E-state index contributed by atoms with van der Waals surface area (Å²) in [4.78, 5) is 13.7. The van der Waals surface area contributed by atoms with Gasteiger partial charge >= 0.3 is 0 Å². The van der Waals surface area contributed by atoms with Crippen LogP contribution in [0.5, 0.6) is 11.6 Å². The van der Waals surface area contributed by atoms with Gasteiger partial charge in [0.25, 0.3) is 0 Å². The molecule has 2 N–H and O–H groups in total. The summed E-state index contributed by atoms with van der Waals surface area (Å²) >= 11 is 0. The number of nitrogens with one attached hydrogen (secondary N) is 2. The number of halogens is 1. The zero-order chi connectivity index (χ0) is 31.4. The van der Waals surface area contributed by atoms with E-state index < -0.39 is 21.6 Å². The molecule has 0 radical (unpaired) electrons. The highest BCUT2D eigenvalue weighted by Crippen LogP contribution is 2.38. The fourth-order valence-electron chi connectivity index (χ4n) is 5.54. The molecule has 3 heterocycles. The first-order chi connectivity index (χ1) is 21.8. The molecule has 9 nitrogen and oxygen atoms in total. The summed E-state index contributed by atoms with van der Waals surface area (Å²) < 4.78 is 49.8. The fraction of sp³-hybridized carbons (Fsp3) is 0.265. The number of benzene rings is 3. The molecule has 0 unspecified atom stereocenters. The molecule has 2 aromatic heterocycles. The lowest BCUT2D eigenvalue weighted by Gasteiger charge is -2.23. The van der Waals surface area contributed by atoms with Crippen LogP contribution in [0.1, 0.15) is 29.5 Å². The maximum Gasteiger partial charge on any atom is 0.228 e. The molecule has 0 amide bonds. The fourth-order valence-corrected chi connectivity index (χ4v) is 6.76. The molecule has 45 heavy (non-hydrogen) atoms. The zero-order valence-electron chi connectivity index (χ0n) is 25.2. The topological polar surface area (TPSA) is 109 Å². The van der Waals surface area contributed by atoms with Crippen LogP contribution in [-0.2, 0) is 22.3 Å². The number of ether oxygens (including phenoxy) is 1. The van der Waals surface area contributed by atoms with Gasteiger partial charge in [-0.3, -0.25) is 0 Å². The molecule has 0 bridgehead atoms. The summed E-state index contributed by atoms with van der Waals surface area (Å²) in [5.41, 5.74) is 3.01. The second-order valence-corrected chi connectivity index (χ2v) is 13.3. The number of hydrogen-bond donors (Lipinski definition) is 2. The van der Waals surface area contributed by atoms with Crippen molar-refractivity contribution in [2.75, 3.05) is 25.5 Å². The zero-order valence-corrected chi connectivity index (χ0v) is 26.0. The van der Waals surface area contributed by atoms with Gasteiger partial charge in [-0.1, -0.05) is 42.5 Å². The van der Waals surface area contributed by atoms with E-state index in [2.05, 4.69) is 20.6 Å². The Morgan fingerprint density at radius 1 is 1.00 bits per heavy atom. The molecule has 1 saturated heterocycles. The predicted octanol–water partition coefficient (Wildman–Crippen LogP) is 6.06. The van der Waals surface area contributed by atoms with Crippen molar-refractivity contribution in [3.05, 3.63) is 108 Å². The highest BCUT2D eigenvalue weighted by Gasteiger charge is 2.24. The van der Waals surface area contributed by atoms with Crippen molar-refractivity contribution in [2.24, 2.45) is 0 Å². The Labute approximate surface area is 262 Å². The van der Waals surface area contributed by atoms with Gasteiger partial charge in [0.2, 0.25) is 21.9 Å². The van der Waals surface area contributed by atoms with E-state index in [-0.39, 0.29) is 18.2 Å². The van der Waals surface area contributed by atoms with Crippen molar-refractivity contribution in [3.8, 4) is 22.9 Å². The number of aryl methyl sites for hydroxylation is 1. The number of fused-ring (bicyclic) bond motifs is 1. The lowest BCUT2D eigenvalue weighted by Crippen LogP contribution is -2.38. The molecule has 1 aliphatic heterocycles. The number of rotatable bonds is 10. The average Bonchev–Trinajstić information content (AvgIpc) is 3.05. The first kappa shape index (κ1) is 30.6. The predicted molar refractivity (Wildman–Crippen MR) is 174 cm³/mol. The quantitative estimate of drug-likeness (QED) is 0.193. The number of hydrogen-bond acceptors (Lipinski definition) is 8. The average molecular weight is 627 g/mol. The van der Waals surface area contributed by atoms with Crippen LogP contribution < -0.4 is 15.4 Å². The molecule has 11 heteroatoms. The van der Waals surface area contributed by atoms with Crippen LogP contribution in [0, 0.1) is 12.7 Å². The Kier molecular flexibility index (Phi) is 9.02. The minimum absolute atomic E-state index is 0.0854. The van der Waals surface area contributed by atoms with Crippen molar-refractivity contribution in [1.29, 1.82) is 0 Å². The minimum Gasteiger partial charge on any atom is -0.437 e. The van der Waals surface area contributed by atoms with Gasteiger partial charge in [-0.15, -0.1) is 0 Å². The van der Waals surface area contributed by atoms with Crippen molar-refractivity contribution in [3.63, 3.8) is 0 Å². The van der Waals surface area contributed by atoms with Gasteiger partial charge in [-0.2, -0.15) is 0 Å². The first-order valence-electron chi connectivity index (χ1n) is 14.9. The van der Waals surface area contributed by atoms with E-state index in [1.807, 2.05) is 49.4 Å². The van der Waals surface area contributed by atoms with E-state index in [4.69, 9.17) is 9.72 Å². The van der Waals surface area contributed by atoms with Gasteiger partial charge < -0.3 is 15.4 Å². The van der Waals surface area contributed by atoms with Crippen LogP contribution in [0.15, 0.2) is 85.2 Å². The summed E-state index contributed by atoms with van der Waals surface area (Å²) in [6, 6.07) is 21.5. The van der Waals surface area contributed by atoms with E-state index >= 15 is 4.39 Å². The number of sulfonamides is 1. The van der Waals surface area contributed by atoms with E-state index in [9.17, 15) is 8.42 Å².